The second-order valence-corrected chi connectivity index (χ2v) is 5.94. The number of rotatable bonds is 6. The molecular formula is C17H26N2O. The summed E-state index contributed by atoms with van der Waals surface area (Å²) in [5.41, 5.74) is 9.36. The standard InChI is InChI=1S/C17H26N2O/c1-3-13-7-5-8-14(4-2)16(13)19-15(20)11-17(12-18)9-6-10-17/h5,7-8H,3-4,6,9-12,18H2,1-2H3,(H,19,20). The van der Waals surface area contributed by atoms with Crippen molar-refractivity contribution < 1.29 is 4.79 Å². The minimum atomic E-state index is 0.0671. The van der Waals surface area contributed by atoms with Gasteiger partial charge in [-0.15, -0.1) is 0 Å². The Kier molecular flexibility index (Phi) is 4.81. The molecule has 0 aromatic heterocycles. The van der Waals surface area contributed by atoms with Gasteiger partial charge in [0.25, 0.3) is 0 Å². The van der Waals surface area contributed by atoms with Gasteiger partial charge in [-0.25, -0.2) is 0 Å². The van der Waals surface area contributed by atoms with Gasteiger partial charge in [0.2, 0.25) is 5.91 Å². The van der Waals surface area contributed by atoms with Gasteiger partial charge in [0.1, 0.15) is 0 Å². The number of amides is 1. The molecule has 0 radical (unpaired) electrons. The van der Waals surface area contributed by atoms with Crippen molar-refractivity contribution in [3.05, 3.63) is 29.3 Å². The minimum absolute atomic E-state index is 0.0671. The molecule has 2 rings (SSSR count). The molecule has 0 bridgehead atoms. The highest BCUT2D eigenvalue weighted by atomic mass is 16.1. The van der Waals surface area contributed by atoms with Gasteiger partial charge >= 0.3 is 0 Å². The predicted molar refractivity (Wildman–Crippen MR) is 83.8 cm³/mol. The van der Waals surface area contributed by atoms with Crippen LogP contribution in [0.3, 0.4) is 0 Å². The molecule has 3 heteroatoms. The fraction of sp³-hybridized carbons (Fsp3) is 0.588. The number of nitrogens with two attached hydrogens (primary N) is 1. The number of hydrogen-bond acceptors (Lipinski definition) is 2. The van der Waals surface area contributed by atoms with Crippen LogP contribution in [0.2, 0.25) is 0 Å². The third kappa shape index (κ3) is 3.04. The van der Waals surface area contributed by atoms with Crippen LogP contribution in [-0.4, -0.2) is 12.5 Å². The fourth-order valence-electron chi connectivity index (χ4n) is 3.06. The van der Waals surface area contributed by atoms with E-state index in [2.05, 4.69) is 37.4 Å². The third-order valence-corrected chi connectivity index (χ3v) is 4.65. The molecule has 1 amide bonds. The molecule has 0 saturated heterocycles. The van der Waals surface area contributed by atoms with Crippen LogP contribution in [0.15, 0.2) is 18.2 Å². The molecule has 1 fully saturated rings. The maximum Gasteiger partial charge on any atom is 0.224 e. The van der Waals surface area contributed by atoms with Gasteiger partial charge in [-0.2, -0.15) is 0 Å². The largest absolute Gasteiger partial charge is 0.330 e. The van der Waals surface area contributed by atoms with Gasteiger partial charge in [-0.3, -0.25) is 4.79 Å². The van der Waals surface area contributed by atoms with Gasteiger partial charge in [0.15, 0.2) is 0 Å². The van der Waals surface area contributed by atoms with Crippen LogP contribution in [0.25, 0.3) is 0 Å². The van der Waals surface area contributed by atoms with E-state index in [0.29, 0.717) is 13.0 Å². The van der Waals surface area contributed by atoms with Crippen LogP contribution in [0.4, 0.5) is 5.69 Å². The molecule has 1 aliphatic rings. The van der Waals surface area contributed by atoms with Gasteiger partial charge < -0.3 is 11.1 Å². The van der Waals surface area contributed by atoms with Crippen molar-refractivity contribution in [1.82, 2.24) is 0 Å². The average molecular weight is 274 g/mol. The molecule has 1 aromatic carbocycles. The van der Waals surface area contributed by atoms with E-state index in [4.69, 9.17) is 5.73 Å². The molecule has 110 valence electrons. The van der Waals surface area contributed by atoms with Gasteiger partial charge in [-0.1, -0.05) is 38.5 Å². The molecule has 3 N–H and O–H groups in total. The molecule has 0 atom stereocenters. The van der Waals surface area contributed by atoms with E-state index >= 15 is 0 Å². The first-order valence-electron chi connectivity index (χ1n) is 7.75. The van der Waals surface area contributed by atoms with Crippen molar-refractivity contribution in [3.8, 4) is 0 Å². The maximum absolute atomic E-state index is 12.3. The summed E-state index contributed by atoms with van der Waals surface area (Å²) in [6.45, 7) is 4.87. The molecule has 0 spiro atoms. The van der Waals surface area contributed by atoms with Crippen molar-refractivity contribution in [2.75, 3.05) is 11.9 Å². The zero-order chi connectivity index (χ0) is 14.6. The van der Waals surface area contributed by atoms with Crippen molar-refractivity contribution in [1.29, 1.82) is 0 Å². The van der Waals surface area contributed by atoms with Crippen molar-refractivity contribution in [2.45, 2.75) is 52.4 Å². The number of aryl methyl sites for hydroxylation is 2. The first kappa shape index (κ1) is 15.0. The molecule has 1 aromatic rings. The van der Waals surface area contributed by atoms with Gasteiger partial charge in [0, 0.05) is 12.1 Å². The Morgan fingerprint density at radius 3 is 2.25 bits per heavy atom. The van der Waals surface area contributed by atoms with Gasteiger partial charge in [-0.05, 0) is 48.8 Å². The molecule has 1 saturated carbocycles. The summed E-state index contributed by atoms with van der Waals surface area (Å²) < 4.78 is 0. The molecular weight excluding hydrogens is 248 g/mol. The second kappa shape index (κ2) is 6.40. The highest BCUT2D eigenvalue weighted by Gasteiger charge is 2.37. The van der Waals surface area contributed by atoms with Crippen LogP contribution in [-0.2, 0) is 17.6 Å². The van der Waals surface area contributed by atoms with E-state index in [9.17, 15) is 4.79 Å². The lowest BCUT2D eigenvalue weighted by atomic mass is 9.66. The Balaban J connectivity index is 2.11. The van der Waals surface area contributed by atoms with E-state index in [1.165, 1.54) is 17.5 Å². The smallest absolute Gasteiger partial charge is 0.224 e. The SMILES string of the molecule is CCc1cccc(CC)c1NC(=O)CC1(CN)CCC1. The van der Waals surface area contributed by atoms with Crippen LogP contribution >= 0.6 is 0 Å². The normalized spacial score (nSPS) is 16.6. The summed E-state index contributed by atoms with van der Waals surface area (Å²) in [4.78, 5) is 12.3. The van der Waals surface area contributed by atoms with Crippen LogP contribution in [0.1, 0.15) is 50.7 Å². The monoisotopic (exact) mass is 274 g/mol. The average Bonchev–Trinajstić information content (AvgIpc) is 2.43. The van der Waals surface area contributed by atoms with Crippen molar-refractivity contribution in [3.63, 3.8) is 0 Å². The molecule has 0 aliphatic heterocycles. The zero-order valence-corrected chi connectivity index (χ0v) is 12.7. The molecule has 0 heterocycles. The Morgan fingerprint density at radius 2 is 1.85 bits per heavy atom. The first-order chi connectivity index (χ1) is 9.64. The summed E-state index contributed by atoms with van der Waals surface area (Å²) in [7, 11) is 0. The summed E-state index contributed by atoms with van der Waals surface area (Å²) in [5, 5.41) is 3.14. The van der Waals surface area contributed by atoms with E-state index in [-0.39, 0.29) is 11.3 Å². The maximum atomic E-state index is 12.3. The van der Waals surface area contributed by atoms with Gasteiger partial charge in [0.05, 0.1) is 0 Å². The highest BCUT2D eigenvalue weighted by molar-refractivity contribution is 5.93. The predicted octanol–water partition coefficient (Wildman–Crippen LogP) is 3.27. The number of hydrogen-bond donors (Lipinski definition) is 2. The van der Waals surface area contributed by atoms with Crippen LogP contribution in [0, 0.1) is 5.41 Å². The first-order valence-corrected chi connectivity index (χ1v) is 7.75. The molecule has 20 heavy (non-hydrogen) atoms. The number of anilines is 1. The molecule has 1 aliphatic carbocycles. The number of benzene rings is 1. The Hall–Kier alpha value is -1.35. The zero-order valence-electron chi connectivity index (χ0n) is 12.7. The number of para-hydroxylation sites is 1. The van der Waals surface area contributed by atoms with E-state index in [0.717, 1.165) is 31.4 Å². The number of carbonyl (C=O) groups excluding carboxylic acids is 1. The summed E-state index contributed by atoms with van der Waals surface area (Å²) in [6, 6.07) is 6.26. The summed E-state index contributed by atoms with van der Waals surface area (Å²) in [5.74, 6) is 0.116. The summed E-state index contributed by atoms with van der Waals surface area (Å²) in [6.07, 6.45) is 5.82. The fourth-order valence-corrected chi connectivity index (χ4v) is 3.06. The quantitative estimate of drug-likeness (QED) is 0.836. The number of carbonyl (C=O) groups is 1. The lowest BCUT2D eigenvalue weighted by Gasteiger charge is -2.40. The van der Waals surface area contributed by atoms with Crippen molar-refractivity contribution >= 4 is 11.6 Å². The summed E-state index contributed by atoms with van der Waals surface area (Å²) >= 11 is 0. The lowest BCUT2D eigenvalue weighted by molar-refractivity contribution is -0.119. The van der Waals surface area contributed by atoms with Crippen LogP contribution < -0.4 is 11.1 Å². The Bertz CT molecular complexity index is 450. The topological polar surface area (TPSA) is 55.1 Å². The van der Waals surface area contributed by atoms with Crippen LogP contribution in [0.5, 0.6) is 0 Å². The van der Waals surface area contributed by atoms with E-state index in [1.807, 2.05) is 0 Å². The number of nitrogens with one attached hydrogen (secondary N) is 1. The Labute approximate surface area is 121 Å². The lowest BCUT2D eigenvalue weighted by Crippen LogP contribution is -2.40. The second-order valence-electron chi connectivity index (χ2n) is 5.94. The van der Waals surface area contributed by atoms with E-state index < -0.39 is 0 Å². The third-order valence-electron chi connectivity index (χ3n) is 4.65. The molecule has 0 unspecified atom stereocenters. The minimum Gasteiger partial charge on any atom is -0.330 e. The van der Waals surface area contributed by atoms with E-state index in [1.54, 1.807) is 0 Å². The Morgan fingerprint density at radius 1 is 1.25 bits per heavy atom. The highest BCUT2D eigenvalue weighted by Crippen LogP contribution is 2.43. The molecule has 3 nitrogen and oxygen atoms in total. The van der Waals surface area contributed by atoms with Crippen molar-refractivity contribution in [2.24, 2.45) is 11.1 Å².